The van der Waals surface area contributed by atoms with Gasteiger partial charge in [0.2, 0.25) is 0 Å². The predicted octanol–water partition coefficient (Wildman–Crippen LogP) is 5.03. The van der Waals surface area contributed by atoms with E-state index in [0.717, 1.165) is 29.7 Å². The molecule has 1 atom stereocenters. The molecule has 3 aromatic rings. The summed E-state index contributed by atoms with van der Waals surface area (Å²) in [5.74, 6) is -0.151. The van der Waals surface area contributed by atoms with Gasteiger partial charge in [-0.2, -0.15) is 13.7 Å². The standard InChI is InChI=1S/C26H26N2O4S/c27-15-16-28-24-12-9-20(10-13-24)7-4-8-23(17-21-5-2-1-3-6-21)25-14-11-22(19-29)18-26(25)33(30,31)32/h1-3,5-6,9-14,18-19,23,28H,4,7-8,16-17H2,(H,30,31,32). The Hall–Kier alpha value is -3.47. The van der Waals surface area contributed by atoms with E-state index in [2.05, 4.69) is 5.32 Å². The second-order valence-electron chi connectivity index (χ2n) is 7.88. The van der Waals surface area contributed by atoms with Crippen LogP contribution in [-0.2, 0) is 23.0 Å². The van der Waals surface area contributed by atoms with Crippen LogP contribution < -0.4 is 5.32 Å². The Balaban J connectivity index is 1.81. The zero-order valence-electron chi connectivity index (χ0n) is 18.1. The summed E-state index contributed by atoms with van der Waals surface area (Å²) in [6.07, 6.45) is 3.49. The summed E-state index contributed by atoms with van der Waals surface area (Å²) in [6, 6.07) is 24.2. The number of aryl methyl sites for hydroxylation is 1. The Morgan fingerprint density at radius 3 is 2.36 bits per heavy atom. The molecule has 0 bridgehead atoms. The highest BCUT2D eigenvalue weighted by molar-refractivity contribution is 7.85. The lowest BCUT2D eigenvalue weighted by atomic mass is 9.86. The number of nitriles is 1. The van der Waals surface area contributed by atoms with E-state index >= 15 is 0 Å². The van der Waals surface area contributed by atoms with Crippen LogP contribution in [0.1, 0.15) is 45.8 Å². The van der Waals surface area contributed by atoms with Crippen molar-refractivity contribution in [3.63, 3.8) is 0 Å². The zero-order chi connectivity index (χ0) is 23.7. The molecule has 2 N–H and O–H groups in total. The minimum absolute atomic E-state index is 0.151. The molecule has 0 spiro atoms. The predicted molar refractivity (Wildman–Crippen MR) is 128 cm³/mol. The van der Waals surface area contributed by atoms with Gasteiger partial charge in [-0.15, -0.1) is 0 Å². The maximum absolute atomic E-state index is 12.1. The van der Waals surface area contributed by atoms with Gasteiger partial charge < -0.3 is 5.32 Å². The SMILES string of the molecule is N#CCNc1ccc(CCCC(Cc2ccccc2)c2ccc(C=O)cc2S(=O)(=O)O)cc1. The molecule has 0 fully saturated rings. The van der Waals surface area contributed by atoms with E-state index in [1.54, 1.807) is 12.1 Å². The second-order valence-corrected chi connectivity index (χ2v) is 9.27. The highest BCUT2D eigenvalue weighted by Crippen LogP contribution is 2.32. The van der Waals surface area contributed by atoms with E-state index in [1.165, 1.54) is 6.07 Å². The van der Waals surface area contributed by atoms with Gasteiger partial charge >= 0.3 is 0 Å². The van der Waals surface area contributed by atoms with E-state index < -0.39 is 10.1 Å². The molecule has 0 radical (unpaired) electrons. The zero-order valence-corrected chi connectivity index (χ0v) is 19.0. The van der Waals surface area contributed by atoms with Gasteiger partial charge in [-0.05, 0) is 66.5 Å². The van der Waals surface area contributed by atoms with Crippen LogP contribution in [0.5, 0.6) is 0 Å². The van der Waals surface area contributed by atoms with E-state index in [9.17, 15) is 17.8 Å². The van der Waals surface area contributed by atoms with Crippen molar-refractivity contribution in [2.45, 2.75) is 36.5 Å². The number of hydrogen-bond donors (Lipinski definition) is 2. The van der Waals surface area contributed by atoms with Crippen LogP contribution in [0.3, 0.4) is 0 Å². The number of carbonyl (C=O) groups excluding carboxylic acids is 1. The number of rotatable bonds is 11. The third-order valence-electron chi connectivity index (χ3n) is 5.56. The topological polar surface area (TPSA) is 107 Å². The molecule has 0 aliphatic carbocycles. The Morgan fingerprint density at radius 1 is 1.00 bits per heavy atom. The van der Waals surface area contributed by atoms with Gasteiger partial charge in [0.1, 0.15) is 12.8 Å². The number of nitrogens with zero attached hydrogens (tertiary/aromatic N) is 1. The summed E-state index contributed by atoms with van der Waals surface area (Å²) in [5, 5.41) is 11.7. The number of nitrogens with one attached hydrogen (secondary N) is 1. The van der Waals surface area contributed by atoms with Gasteiger partial charge in [0.15, 0.2) is 0 Å². The van der Waals surface area contributed by atoms with Gasteiger partial charge in [-0.3, -0.25) is 9.35 Å². The van der Waals surface area contributed by atoms with Crippen LogP contribution >= 0.6 is 0 Å². The second kappa shape index (κ2) is 11.4. The van der Waals surface area contributed by atoms with Crippen LogP contribution in [0, 0.1) is 11.3 Å². The minimum Gasteiger partial charge on any atom is -0.372 e. The number of anilines is 1. The fourth-order valence-corrected chi connectivity index (χ4v) is 4.75. The van der Waals surface area contributed by atoms with Gasteiger partial charge in [0, 0.05) is 11.3 Å². The van der Waals surface area contributed by atoms with Crippen molar-refractivity contribution in [3.8, 4) is 6.07 Å². The summed E-state index contributed by atoms with van der Waals surface area (Å²) in [6.45, 7) is 0.250. The summed E-state index contributed by atoms with van der Waals surface area (Å²) in [7, 11) is -4.48. The molecule has 170 valence electrons. The van der Waals surface area contributed by atoms with Crippen molar-refractivity contribution >= 4 is 22.1 Å². The van der Waals surface area contributed by atoms with E-state index in [-0.39, 0.29) is 22.9 Å². The lowest BCUT2D eigenvalue weighted by molar-refractivity contribution is 0.112. The van der Waals surface area contributed by atoms with E-state index in [4.69, 9.17) is 5.26 Å². The molecule has 0 aromatic heterocycles. The molecule has 33 heavy (non-hydrogen) atoms. The van der Waals surface area contributed by atoms with Crippen molar-refractivity contribution in [2.75, 3.05) is 11.9 Å². The molecule has 3 aromatic carbocycles. The van der Waals surface area contributed by atoms with Crippen molar-refractivity contribution in [1.29, 1.82) is 5.26 Å². The average Bonchev–Trinajstić information content (AvgIpc) is 2.82. The molecule has 3 rings (SSSR count). The van der Waals surface area contributed by atoms with Crippen LogP contribution in [0.15, 0.2) is 77.7 Å². The molecular weight excluding hydrogens is 436 g/mol. The lowest BCUT2D eigenvalue weighted by Gasteiger charge is -2.20. The summed E-state index contributed by atoms with van der Waals surface area (Å²) >= 11 is 0. The van der Waals surface area contributed by atoms with Gasteiger partial charge in [-0.25, -0.2) is 0 Å². The van der Waals surface area contributed by atoms with Crippen LogP contribution in [0.25, 0.3) is 0 Å². The first kappa shape index (κ1) is 24.2. The van der Waals surface area contributed by atoms with E-state index in [0.29, 0.717) is 24.7 Å². The summed E-state index contributed by atoms with van der Waals surface area (Å²) < 4.78 is 34.0. The Bertz CT molecular complexity index is 1220. The lowest BCUT2D eigenvalue weighted by Crippen LogP contribution is -2.11. The fourth-order valence-electron chi connectivity index (χ4n) is 3.93. The Kier molecular flexibility index (Phi) is 8.36. The van der Waals surface area contributed by atoms with Crippen LogP contribution in [-0.4, -0.2) is 25.8 Å². The molecule has 0 aliphatic heterocycles. The fraction of sp³-hybridized carbons (Fsp3) is 0.231. The van der Waals surface area contributed by atoms with Crippen LogP contribution in [0.2, 0.25) is 0 Å². The maximum atomic E-state index is 12.1. The van der Waals surface area contributed by atoms with Gasteiger partial charge in [0.25, 0.3) is 10.1 Å². The third-order valence-corrected chi connectivity index (χ3v) is 6.47. The number of hydrogen-bond acceptors (Lipinski definition) is 5. The van der Waals surface area contributed by atoms with Gasteiger partial charge in [0.05, 0.1) is 11.0 Å². The smallest absolute Gasteiger partial charge is 0.294 e. The quantitative estimate of drug-likeness (QED) is 0.235. The summed E-state index contributed by atoms with van der Waals surface area (Å²) in [4.78, 5) is 11.0. The largest absolute Gasteiger partial charge is 0.372 e. The first-order valence-electron chi connectivity index (χ1n) is 10.7. The maximum Gasteiger partial charge on any atom is 0.294 e. The Labute approximate surface area is 194 Å². The van der Waals surface area contributed by atoms with E-state index in [1.807, 2.05) is 60.7 Å². The first-order chi connectivity index (χ1) is 15.9. The average molecular weight is 463 g/mol. The molecule has 0 saturated heterocycles. The minimum atomic E-state index is -4.48. The molecule has 0 saturated carbocycles. The van der Waals surface area contributed by atoms with Crippen molar-refractivity contribution < 1.29 is 17.8 Å². The molecule has 0 amide bonds. The number of benzene rings is 3. The summed E-state index contributed by atoms with van der Waals surface area (Å²) in [5.41, 5.74) is 3.81. The third kappa shape index (κ3) is 7.01. The molecule has 1 unspecified atom stereocenters. The first-order valence-corrected chi connectivity index (χ1v) is 12.1. The molecule has 7 heteroatoms. The monoisotopic (exact) mass is 462 g/mol. The molecule has 6 nitrogen and oxygen atoms in total. The van der Waals surface area contributed by atoms with Crippen LogP contribution in [0.4, 0.5) is 5.69 Å². The highest BCUT2D eigenvalue weighted by atomic mass is 32.2. The van der Waals surface area contributed by atoms with Crippen molar-refractivity contribution in [1.82, 2.24) is 0 Å². The Morgan fingerprint density at radius 2 is 1.73 bits per heavy atom. The normalized spacial score (nSPS) is 12.0. The highest BCUT2D eigenvalue weighted by Gasteiger charge is 2.23. The van der Waals surface area contributed by atoms with Crippen molar-refractivity contribution in [2.24, 2.45) is 0 Å². The molecule has 0 aliphatic rings. The number of carbonyl (C=O) groups is 1. The molecular formula is C26H26N2O4S. The molecule has 0 heterocycles. The van der Waals surface area contributed by atoms with Crippen molar-refractivity contribution in [3.05, 3.63) is 95.1 Å². The number of aldehydes is 1. The van der Waals surface area contributed by atoms with Gasteiger partial charge in [-0.1, -0.05) is 54.6 Å².